The molecule has 0 saturated heterocycles. The minimum atomic E-state index is -0.0969. The van der Waals surface area contributed by atoms with Crippen molar-refractivity contribution in [2.75, 3.05) is 26.9 Å². The highest BCUT2D eigenvalue weighted by atomic mass is 79.9. The Kier molecular flexibility index (Phi) is 5.52. The molecule has 1 aromatic rings. The second-order valence-electron chi connectivity index (χ2n) is 2.85. The lowest BCUT2D eigenvalue weighted by Crippen LogP contribution is -2.23. The van der Waals surface area contributed by atoms with E-state index in [4.69, 9.17) is 9.47 Å². The van der Waals surface area contributed by atoms with Crippen LogP contribution in [0.5, 0.6) is 0 Å². The Balaban J connectivity index is 2.38. The van der Waals surface area contributed by atoms with E-state index in [9.17, 15) is 4.79 Å². The maximum Gasteiger partial charge on any atom is 0.267 e. The van der Waals surface area contributed by atoms with E-state index in [-0.39, 0.29) is 5.56 Å². The summed E-state index contributed by atoms with van der Waals surface area (Å²) in [5.41, 5.74) is -0.0969. The lowest BCUT2D eigenvalue weighted by Gasteiger charge is -2.05. The Hall–Kier alpha value is -0.720. The number of hydrogen-bond acceptors (Lipinski definition) is 4. The van der Waals surface area contributed by atoms with Gasteiger partial charge in [-0.1, -0.05) is 0 Å². The maximum absolute atomic E-state index is 11.5. The summed E-state index contributed by atoms with van der Waals surface area (Å²) in [5, 5.41) is 0. The van der Waals surface area contributed by atoms with Gasteiger partial charge in [-0.15, -0.1) is 0 Å². The monoisotopic (exact) mass is 276 g/mol. The molecule has 0 N–H and O–H groups in total. The molecule has 1 rings (SSSR count). The van der Waals surface area contributed by atoms with Crippen LogP contribution in [0, 0.1) is 0 Å². The Morgan fingerprint density at radius 2 is 2.27 bits per heavy atom. The Labute approximate surface area is 96.2 Å². The summed E-state index contributed by atoms with van der Waals surface area (Å²) in [6, 6.07) is 0. The first-order valence-electron chi connectivity index (χ1n) is 4.52. The van der Waals surface area contributed by atoms with Gasteiger partial charge in [-0.05, 0) is 15.9 Å². The van der Waals surface area contributed by atoms with E-state index >= 15 is 0 Å². The standard InChI is InChI=1S/C9H13BrN2O3/c1-14-4-5-15-3-2-12-7-11-6-8(10)9(12)13/h6-7H,2-5H2,1H3. The summed E-state index contributed by atoms with van der Waals surface area (Å²) in [7, 11) is 1.62. The Morgan fingerprint density at radius 1 is 1.47 bits per heavy atom. The zero-order chi connectivity index (χ0) is 11.1. The predicted octanol–water partition coefficient (Wildman–Crippen LogP) is 0.669. The van der Waals surface area contributed by atoms with Gasteiger partial charge in [0.25, 0.3) is 5.56 Å². The second-order valence-corrected chi connectivity index (χ2v) is 3.70. The molecule has 0 fully saturated rings. The largest absolute Gasteiger partial charge is 0.382 e. The summed E-state index contributed by atoms with van der Waals surface area (Å²) in [4.78, 5) is 15.4. The van der Waals surface area contributed by atoms with Crippen LogP contribution < -0.4 is 5.56 Å². The van der Waals surface area contributed by atoms with Crippen molar-refractivity contribution in [3.8, 4) is 0 Å². The summed E-state index contributed by atoms with van der Waals surface area (Å²) in [6.45, 7) is 2.06. The number of rotatable bonds is 6. The van der Waals surface area contributed by atoms with Crippen molar-refractivity contribution < 1.29 is 9.47 Å². The molecular formula is C9H13BrN2O3. The van der Waals surface area contributed by atoms with Gasteiger partial charge in [0.1, 0.15) is 4.47 Å². The Morgan fingerprint density at radius 3 is 3.00 bits per heavy atom. The molecule has 0 saturated carbocycles. The number of halogens is 1. The van der Waals surface area contributed by atoms with Crippen molar-refractivity contribution in [1.82, 2.24) is 9.55 Å². The molecule has 0 spiro atoms. The highest BCUT2D eigenvalue weighted by Crippen LogP contribution is 1.97. The number of ether oxygens (including phenoxy) is 2. The van der Waals surface area contributed by atoms with E-state index in [2.05, 4.69) is 20.9 Å². The molecule has 0 aliphatic carbocycles. The number of methoxy groups -OCH3 is 1. The first-order chi connectivity index (χ1) is 7.25. The van der Waals surface area contributed by atoms with Gasteiger partial charge < -0.3 is 9.47 Å². The van der Waals surface area contributed by atoms with Crippen molar-refractivity contribution in [3.05, 3.63) is 27.4 Å². The molecule has 0 aliphatic rings. The molecule has 15 heavy (non-hydrogen) atoms. The zero-order valence-electron chi connectivity index (χ0n) is 8.48. The van der Waals surface area contributed by atoms with Crippen LogP contribution >= 0.6 is 15.9 Å². The van der Waals surface area contributed by atoms with Crippen LogP contribution in [-0.2, 0) is 16.0 Å². The summed E-state index contributed by atoms with van der Waals surface area (Å²) in [6.07, 6.45) is 2.97. The zero-order valence-corrected chi connectivity index (χ0v) is 10.1. The van der Waals surface area contributed by atoms with Crippen molar-refractivity contribution in [3.63, 3.8) is 0 Å². The first-order valence-corrected chi connectivity index (χ1v) is 5.31. The number of hydrogen-bond donors (Lipinski definition) is 0. The third-order valence-corrected chi connectivity index (χ3v) is 2.31. The van der Waals surface area contributed by atoms with Crippen LogP contribution in [-0.4, -0.2) is 36.5 Å². The lowest BCUT2D eigenvalue weighted by molar-refractivity contribution is 0.0661. The van der Waals surface area contributed by atoms with Crippen molar-refractivity contribution in [2.24, 2.45) is 0 Å². The van der Waals surface area contributed by atoms with Crippen LogP contribution in [0.15, 0.2) is 21.8 Å². The van der Waals surface area contributed by atoms with E-state index < -0.39 is 0 Å². The van der Waals surface area contributed by atoms with Gasteiger partial charge in [0.05, 0.1) is 32.7 Å². The maximum atomic E-state index is 11.5. The Bertz CT molecular complexity index is 353. The molecule has 1 heterocycles. The van der Waals surface area contributed by atoms with Crippen LogP contribution in [0.4, 0.5) is 0 Å². The van der Waals surface area contributed by atoms with E-state index in [1.807, 2.05) is 0 Å². The molecule has 0 aliphatic heterocycles. The van der Waals surface area contributed by atoms with E-state index in [1.165, 1.54) is 17.1 Å². The third-order valence-electron chi connectivity index (χ3n) is 1.77. The van der Waals surface area contributed by atoms with E-state index in [0.29, 0.717) is 30.8 Å². The fourth-order valence-corrected chi connectivity index (χ4v) is 1.34. The molecule has 0 radical (unpaired) electrons. The first kappa shape index (κ1) is 12.4. The second kappa shape index (κ2) is 6.71. The van der Waals surface area contributed by atoms with Gasteiger partial charge in [0.15, 0.2) is 0 Å². The summed E-state index contributed by atoms with van der Waals surface area (Å²) >= 11 is 3.12. The molecule has 0 amide bonds. The molecule has 0 aromatic carbocycles. The minimum Gasteiger partial charge on any atom is -0.382 e. The van der Waals surface area contributed by atoms with Gasteiger partial charge in [0, 0.05) is 13.3 Å². The van der Waals surface area contributed by atoms with Crippen molar-refractivity contribution >= 4 is 15.9 Å². The number of aromatic nitrogens is 2. The lowest BCUT2D eigenvalue weighted by atomic mass is 10.6. The molecule has 1 aromatic heterocycles. The topological polar surface area (TPSA) is 53.4 Å². The quantitative estimate of drug-likeness (QED) is 0.717. The minimum absolute atomic E-state index is 0.0969. The van der Waals surface area contributed by atoms with Gasteiger partial charge in [0.2, 0.25) is 0 Å². The van der Waals surface area contributed by atoms with Crippen molar-refractivity contribution in [2.45, 2.75) is 6.54 Å². The normalized spacial score (nSPS) is 10.5. The number of nitrogens with zero attached hydrogens (tertiary/aromatic N) is 2. The van der Waals surface area contributed by atoms with Gasteiger partial charge in [-0.3, -0.25) is 9.36 Å². The predicted molar refractivity (Wildman–Crippen MR) is 58.9 cm³/mol. The van der Waals surface area contributed by atoms with E-state index in [1.54, 1.807) is 7.11 Å². The fraction of sp³-hybridized carbons (Fsp3) is 0.556. The molecular weight excluding hydrogens is 264 g/mol. The average Bonchev–Trinajstić information content (AvgIpc) is 2.24. The molecule has 0 unspecified atom stereocenters. The fourth-order valence-electron chi connectivity index (χ4n) is 0.991. The van der Waals surface area contributed by atoms with Crippen LogP contribution in [0.3, 0.4) is 0 Å². The molecule has 0 atom stereocenters. The summed E-state index contributed by atoms with van der Waals surface area (Å²) in [5.74, 6) is 0. The molecule has 84 valence electrons. The highest BCUT2D eigenvalue weighted by molar-refractivity contribution is 9.10. The summed E-state index contributed by atoms with van der Waals surface area (Å²) < 4.78 is 12.0. The van der Waals surface area contributed by atoms with Gasteiger partial charge in [-0.25, -0.2) is 4.98 Å². The third kappa shape index (κ3) is 4.11. The smallest absolute Gasteiger partial charge is 0.267 e. The van der Waals surface area contributed by atoms with Gasteiger partial charge in [-0.2, -0.15) is 0 Å². The average molecular weight is 277 g/mol. The molecule has 5 nitrogen and oxygen atoms in total. The SMILES string of the molecule is COCCOCCn1cncc(Br)c1=O. The van der Waals surface area contributed by atoms with Gasteiger partial charge >= 0.3 is 0 Å². The van der Waals surface area contributed by atoms with E-state index in [0.717, 1.165) is 0 Å². The highest BCUT2D eigenvalue weighted by Gasteiger charge is 1.99. The van der Waals surface area contributed by atoms with Crippen LogP contribution in [0.1, 0.15) is 0 Å². The van der Waals surface area contributed by atoms with Crippen LogP contribution in [0.2, 0.25) is 0 Å². The van der Waals surface area contributed by atoms with Crippen molar-refractivity contribution in [1.29, 1.82) is 0 Å². The molecule has 6 heteroatoms. The molecule has 0 bridgehead atoms. The van der Waals surface area contributed by atoms with Crippen LogP contribution in [0.25, 0.3) is 0 Å².